The van der Waals surface area contributed by atoms with Crippen molar-refractivity contribution in [1.29, 1.82) is 0 Å². The van der Waals surface area contributed by atoms with Gasteiger partial charge in [-0.1, -0.05) is 0 Å². The summed E-state index contributed by atoms with van der Waals surface area (Å²) >= 11 is -2.76. The van der Waals surface area contributed by atoms with Gasteiger partial charge in [0.05, 0.1) is 0 Å². The number of hydrogen-bond donors (Lipinski definition) is 0. The summed E-state index contributed by atoms with van der Waals surface area (Å²) in [5.41, 5.74) is 0.234. The Morgan fingerprint density at radius 1 is 1.06 bits per heavy atom. The monoisotopic (exact) mass is 334 g/mol. The molecule has 0 bridgehead atoms. The van der Waals surface area contributed by atoms with Gasteiger partial charge in [-0.05, 0) is 0 Å². The van der Waals surface area contributed by atoms with Crippen LogP contribution in [-0.4, -0.2) is 44.5 Å². The zero-order valence-electron chi connectivity index (χ0n) is 10.4. The summed E-state index contributed by atoms with van der Waals surface area (Å²) in [7, 11) is 2.58. The van der Waals surface area contributed by atoms with Crippen LogP contribution in [0.5, 0.6) is 0 Å². The SMILES string of the molecule is C=C/C(C(=O)OC)=[C](/C(=O)OC)[Sn]([CH3])([CH3])[CH3]. The molecule has 0 aromatic carbocycles. The van der Waals surface area contributed by atoms with Crippen molar-refractivity contribution in [2.75, 3.05) is 14.2 Å². The minimum atomic E-state index is -2.76. The Balaban J connectivity index is 5.77. The van der Waals surface area contributed by atoms with Gasteiger partial charge in [-0.3, -0.25) is 0 Å². The molecular formula is C11H18O4Sn. The Morgan fingerprint density at radius 3 is 1.75 bits per heavy atom. The van der Waals surface area contributed by atoms with Gasteiger partial charge in [0.15, 0.2) is 0 Å². The van der Waals surface area contributed by atoms with Gasteiger partial charge < -0.3 is 0 Å². The van der Waals surface area contributed by atoms with Crippen molar-refractivity contribution in [3.05, 3.63) is 21.8 Å². The second-order valence-corrected chi connectivity index (χ2v) is 18.5. The topological polar surface area (TPSA) is 52.6 Å². The summed E-state index contributed by atoms with van der Waals surface area (Å²) < 4.78 is 9.82. The molecule has 0 atom stereocenters. The van der Waals surface area contributed by atoms with E-state index < -0.39 is 30.3 Å². The fraction of sp³-hybridized carbons (Fsp3) is 0.455. The van der Waals surface area contributed by atoms with Crippen LogP contribution in [0, 0.1) is 0 Å². The van der Waals surface area contributed by atoms with Crippen molar-refractivity contribution >= 4 is 30.3 Å². The van der Waals surface area contributed by atoms with Crippen LogP contribution in [0.15, 0.2) is 21.8 Å². The van der Waals surface area contributed by atoms with E-state index in [0.717, 1.165) is 0 Å². The summed E-state index contributed by atoms with van der Waals surface area (Å²) in [6.07, 6.45) is 1.36. The van der Waals surface area contributed by atoms with Crippen LogP contribution in [-0.2, 0) is 19.1 Å². The molecule has 0 aliphatic rings. The van der Waals surface area contributed by atoms with Crippen molar-refractivity contribution < 1.29 is 19.1 Å². The third-order valence-electron chi connectivity index (χ3n) is 2.02. The molecule has 90 valence electrons. The van der Waals surface area contributed by atoms with Gasteiger partial charge in [-0.25, -0.2) is 0 Å². The van der Waals surface area contributed by atoms with Gasteiger partial charge in [-0.15, -0.1) is 0 Å². The minimum absolute atomic E-state index is 0.234. The maximum absolute atomic E-state index is 11.7. The Kier molecular flexibility index (Phi) is 5.78. The molecule has 0 radical (unpaired) electrons. The molecule has 0 heterocycles. The molecule has 0 rings (SSSR count). The molecule has 0 N–H and O–H groups in total. The second kappa shape index (κ2) is 6.08. The van der Waals surface area contributed by atoms with E-state index in [1.165, 1.54) is 20.3 Å². The number of carbonyl (C=O) groups is 2. The summed E-state index contributed by atoms with van der Waals surface area (Å²) in [4.78, 5) is 29.3. The predicted molar refractivity (Wildman–Crippen MR) is 64.6 cm³/mol. The molecule has 0 aromatic rings. The normalized spacial score (nSPS) is 12.6. The average molecular weight is 333 g/mol. The molecule has 0 amide bonds. The average Bonchev–Trinajstić information content (AvgIpc) is 2.21. The fourth-order valence-electron chi connectivity index (χ4n) is 1.32. The summed E-state index contributed by atoms with van der Waals surface area (Å²) in [5, 5.41) is 0. The number of hydrogen-bond acceptors (Lipinski definition) is 4. The van der Waals surface area contributed by atoms with Crippen molar-refractivity contribution in [2.45, 2.75) is 14.8 Å². The number of rotatable bonds is 4. The molecule has 0 spiro atoms. The van der Waals surface area contributed by atoms with E-state index in [-0.39, 0.29) is 5.57 Å². The Hall–Kier alpha value is -0.781. The van der Waals surface area contributed by atoms with Crippen molar-refractivity contribution in [3.63, 3.8) is 0 Å². The van der Waals surface area contributed by atoms with E-state index in [0.29, 0.717) is 3.59 Å². The van der Waals surface area contributed by atoms with Crippen LogP contribution in [0.25, 0.3) is 0 Å². The van der Waals surface area contributed by atoms with Gasteiger partial charge in [0.1, 0.15) is 0 Å². The first kappa shape index (κ1) is 15.2. The molecule has 0 saturated heterocycles. The van der Waals surface area contributed by atoms with Gasteiger partial charge in [0.25, 0.3) is 0 Å². The third kappa shape index (κ3) is 3.66. The summed E-state index contributed by atoms with van der Waals surface area (Å²) in [6.45, 7) is 3.55. The Morgan fingerprint density at radius 2 is 1.50 bits per heavy atom. The van der Waals surface area contributed by atoms with E-state index >= 15 is 0 Å². The predicted octanol–water partition coefficient (Wildman–Crippen LogP) is 1.69. The number of ether oxygens (including phenoxy) is 2. The van der Waals surface area contributed by atoms with Crippen molar-refractivity contribution in [1.82, 2.24) is 0 Å². The molecule has 0 saturated carbocycles. The van der Waals surface area contributed by atoms with Gasteiger partial charge >= 0.3 is 100 Å². The van der Waals surface area contributed by atoms with Gasteiger partial charge in [0.2, 0.25) is 0 Å². The summed E-state index contributed by atoms with van der Waals surface area (Å²) in [5.74, 6) is -0.995. The molecule has 4 nitrogen and oxygen atoms in total. The summed E-state index contributed by atoms with van der Waals surface area (Å²) in [6, 6.07) is 0. The first-order valence-electron chi connectivity index (χ1n) is 4.83. The molecule has 0 unspecified atom stereocenters. The Bertz CT molecular complexity index is 336. The molecular weight excluding hydrogens is 315 g/mol. The van der Waals surface area contributed by atoms with Crippen LogP contribution < -0.4 is 0 Å². The fourth-order valence-corrected chi connectivity index (χ4v) is 6.25. The standard InChI is InChI=1S/C8H9O4.3CH3.Sn/c1-4-6(8(10)12-3)5-7(9)11-2;;;;/h4H,1H2,2-3H3;3*1H3;. The number of methoxy groups -OCH3 is 2. The second-order valence-electron chi connectivity index (χ2n) is 4.23. The molecule has 0 aromatic heterocycles. The molecule has 5 heteroatoms. The zero-order valence-corrected chi connectivity index (χ0v) is 13.3. The first-order chi connectivity index (χ1) is 7.29. The molecule has 16 heavy (non-hydrogen) atoms. The maximum atomic E-state index is 11.7. The van der Waals surface area contributed by atoms with Crippen LogP contribution in [0.2, 0.25) is 14.8 Å². The van der Waals surface area contributed by atoms with E-state index in [4.69, 9.17) is 4.74 Å². The molecule has 0 aliphatic heterocycles. The van der Waals surface area contributed by atoms with Crippen LogP contribution in [0.1, 0.15) is 0 Å². The van der Waals surface area contributed by atoms with Gasteiger partial charge in [-0.2, -0.15) is 0 Å². The van der Waals surface area contributed by atoms with Gasteiger partial charge in [0, 0.05) is 0 Å². The zero-order chi connectivity index (χ0) is 12.9. The third-order valence-corrected chi connectivity index (χ3v) is 7.65. The molecule has 0 aliphatic carbocycles. The molecule has 0 fully saturated rings. The van der Waals surface area contributed by atoms with Crippen LogP contribution in [0.4, 0.5) is 0 Å². The van der Waals surface area contributed by atoms with Crippen LogP contribution >= 0.6 is 0 Å². The van der Waals surface area contributed by atoms with Crippen LogP contribution in [0.3, 0.4) is 0 Å². The Labute approximate surface area is 100 Å². The van der Waals surface area contributed by atoms with E-state index in [1.54, 1.807) is 0 Å². The van der Waals surface area contributed by atoms with E-state index in [1.807, 2.05) is 14.8 Å². The first-order valence-corrected chi connectivity index (χ1v) is 14.8. The van der Waals surface area contributed by atoms with Crippen molar-refractivity contribution in [2.24, 2.45) is 0 Å². The number of carbonyl (C=O) groups excluding carboxylic acids is 2. The van der Waals surface area contributed by atoms with Crippen molar-refractivity contribution in [3.8, 4) is 0 Å². The quantitative estimate of drug-likeness (QED) is 0.340. The van der Waals surface area contributed by atoms with E-state index in [2.05, 4.69) is 11.3 Å². The van der Waals surface area contributed by atoms with E-state index in [9.17, 15) is 9.59 Å². The number of esters is 2.